The second-order valence-corrected chi connectivity index (χ2v) is 5.20. The van der Waals surface area contributed by atoms with Crippen molar-refractivity contribution in [2.24, 2.45) is 0 Å². The van der Waals surface area contributed by atoms with Gasteiger partial charge in [-0.25, -0.2) is 4.39 Å². The van der Waals surface area contributed by atoms with Crippen LogP contribution in [-0.2, 0) is 12.7 Å². The maximum atomic E-state index is 13.4. The highest BCUT2D eigenvalue weighted by atomic mass is 19.4. The molecular weight excluding hydrogens is 298 g/mol. The molecule has 7 heteroatoms. The Morgan fingerprint density at radius 1 is 1.27 bits per heavy atom. The SMILES string of the molecule is CCCN(C)Cc1cn[nH]c1-c1ccc(F)c(C(F)(F)F)c1. The number of hydrogen-bond acceptors (Lipinski definition) is 2. The third-order valence-corrected chi connectivity index (χ3v) is 3.32. The fourth-order valence-electron chi connectivity index (χ4n) is 2.33. The van der Waals surface area contributed by atoms with Gasteiger partial charge >= 0.3 is 6.18 Å². The molecule has 1 N–H and O–H groups in total. The molecule has 0 atom stereocenters. The van der Waals surface area contributed by atoms with Gasteiger partial charge in [-0.2, -0.15) is 18.3 Å². The smallest absolute Gasteiger partial charge is 0.302 e. The van der Waals surface area contributed by atoms with Crippen LogP contribution < -0.4 is 0 Å². The summed E-state index contributed by atoms with van der Waals surface area (Å²) in [4.78, 5) is 2.04. The molecule has 0 radical (unpaired) electrons. The Bertz CT molecular complexity index is 634. The maximum Gasteiger partial charge on any atom is 0.419 e. The van der Waals surface area contributed by atoms with E-state index in [2.05, 4.69) is 10.2 Å². The van der Waals surface area contributed by atoms with E-state index in [9.17, 15) is 17.6 Å². The number of nitrogens with one attached hydrogen (secondary N) is 1. The second-order valence-electron chi connectivity index (χ2n) is 5.20. The van der Waals surface area contributed by atoms with Crippen molar-refractivity contribution >= 4 is 0 Å². The lowest BCUT2D eigenvalue weighted by Gasteiger charge is -2.16. The summed E-state index contributed by atoms with van der Waals surface area (Å²) < 4.78 is 51.8. The molecule has 1 aromatic carbocycles. The maximum absolute atomic E-state index is 13.4. The minimum atomic E-state index is -4.72. The molecule has 22 heavy (non-hydrogen) atoms. The molecule has 0 fully saturated rings. The van der Waals surface area contributed by atoms with Crippen molar-refractivity contribution < 1.29 is 17.6 Å². The van der Waals surface area contributed by atoms with Gasteiger partial charge in [-0.15, -0.1) is 0 Å². The minimum Gasteiger partial charge on any atom is -0.302 e. The number of nitrogens with zero attached hydrogens (tertiary/aromatic N) is 2. The fourth-order valence-corrected chi connectivity index (χ4v) is 2.33. The van der Waals surface area contributed by atoms with Crippen molar-refractivity contribution in [3.05, 3.63) is 41.3 Å². The van der Waals surface area contributed by atoms with Crippen molar-refractivity contribution in [1.29, 1.82) is 0 Å². The molecule has 2 rings (SSSR count). The molecule has 0 bridgehead atoms. The lowest BCUT2D eigenvalue weighted by atomic mass is 10.0. The van der Waals surface area contributed by atoms with Crippen molar-refractivity contribution in [3.63, 3.8) is 0 Å². The highest BCUT2D eigenvalue weighted by molar-refractivity contribution is 5.63. The lowest BCUT2D eigenvalue weighted by Crippen LogP contribution is -2.18. The van der Waals surface area contributed by atoms with Crippen molar-refractivity contribution in [1.82, 2.24) is 15.1 Å². The Balaban J connectivity index is 2.35. The van der Waals surface area contributed by atoms with Crippen LogP contribution in [0.3, 0.4) is 0 Å². The molecule has 0 saturated carbocycles. The quantitative estimate of drug-likeness (QED) is 0.843. The van der Waals surface area contributed by atoms with E-state index in [1.165, 1.54) is 6.07 Å². The first kappa shape index (κ1) is 16.5. The summed E-state index contributed by atoms with van der Waals surface area (Å²) in [6, 6.07) is 2.96. The Kier molecular flexibility index (Phi) is 4.85. The summed E-state index contributed by atoms with van der Waals surface area (Å²) >= 11 is 0. The molecule has 1 aromatic heterocycles. The van der Waals surface area contributed by atoms with Crippen LogP contribution in [0.2, 0.25) is 0 Å². The topological polar surface area (TPSA) is 31.9 Å². The number of hydrogen-bond donors (Lipinski definition) is 1. The van der Waals surface area contributed by atoms with Gasteiger partial charge in [-0.05, 0) is 38.2 Å². The van der Waals surface area contributed by atoms with E-state index in [-0.39, 0.29) is 5.56 Å². The summed E-state index contributed by atoms with van der Waals surface area (Å²) in [7, 11) is 1.92. The van der Waals surface area contributed by atoms with E-state index in [1.54, 1.807) is 6.20 Å². The number of halogens is 4. The van der Waals surface area contributed by atoms with E-state index >= 15 is 0 Å². The van der Waals surface area contributed by atoms with Crippen LogP contribution in [-0.4, -0.2) is 28.7 Å². The van der Waals surface area contributed by atoms with Gasteiger partial charge in [0.25, 0.3) is 0 Å². The normalized spacial score (nSPS) is 12.1. The first-order valence-electron chi connectivity index (χ1n) is 6.90. The van der Waals surface area contributed by atoms with Crippen molar-refractivity contribution in [2.75, 3.05) is 13.6 Å². The summed E-state index contributed by atoms with van der Waals surface area (Å²) in [6.07, 6.45) is -2.17. The number of benzene rings is 1. The number of rotatable bonds is 5. The molecule has 2 aromatic rings. The molecular formula is C15H17F4N3. The second kappa shape index (κ2) is 6.48. The van der Waals surface area contributed by atoms with Crippen LogP contribution in [0.4, 0.5) is 17.6 Å². The summed E-state index contributed by atoms with van der Waals surface area (Å²) in [5, 5.41) is 6.60. The zero-order valence-electron chi connectivity index (χ0n) is 12.3. The third-order valence-electron chi connectivity index (χ3n) is 3.32. The molecule has 0 aliphatic heterocycles. The Hall–Kier alpha value is -1.89. The molecule has 0 saturated heterocycles. The average molecular weight is 315 g/mol. The van der Waals surface area contributed by atoms with Crippen LogP contribution in [0.25, 0.3) is 11.3 Å². The van der Waals surface area contributed by atoms with Gasteiger partial charge in [0.05, 0.1) is 17.5 Å². The monoisotopic (exact) mass is 315 g/mol. The van der Waals surface area contributed by atoms with E-state index in [0.29, 0.717) is 12.2 Å². The molecule has 0 aliphatic carbocycles. The molecule has 0 spiro atoms. The van der Waals surface area contributed by atoms with Gasteiger partial charge in [-0.1, -0.05) is 6.92 Å². The molecule has 0 amide bonds. The average Bonchev–Trinajstić information content (AvgIpc) is 2.86. The number of alkyl halides is 3. The largest absolute Gasteiger partial charge is 0.419 e. The van der Waals surface area contributed by atoms with Gasteiger partial charge in [-0.3, -0.25) is 5.10 Å². The first-order chi connectivity index (χ1) is 10.3. The summed E-state index contributed by atoms with van der Waals surface area (Å²) in [5.41, 5.74) is 0.253. The van der Waals surface area contributed by atoms with Crippen molar-refractivity contribution in [3.8, 4) is 11.3 Å². The number of aromatic amines is 1. The Labute approximate surface area is 125 Å². The number of H-pyrrole nitrogens is 1. The van der Waals surface area contributed by atoms with Gasteiger partial charge in [0.1, 0.15) is 5.82 Å². The van der Waals surface area contributed by atoms with E-state index in [1.807, 2.05) is 18.9 Å². The highest BCUT2D eigenvalue weighted by Crippen LogP contribution is 2.34. The van der Waals surface area contributed by atoms with Gasteiger partial charge in [0.15, 0.2) is 0 Å². The van der Waals surface area contributed by atoms with Crippen LogP contribution >= 0.6 is 0 Å². The zero-order chi connectivity index (χ0) is 16.3. The van der Waals surface area contributed by atoms with E-state index in [0.717, 1.165) is 30.7 Å². The summed E-state index contributed by atoms with van der Waals surface area (Å²) in [5.74, 6) is -1.28. The molecule has 1 heterocycles. The third kappa shape index (κ3) is 3.65. The molecule has 120 valence electrons. The van der Waals surface area contributed by atoms with Crippen LogP contribution in [0.5, 0.6) is 0 Å². The fraction of sp³-hybridized carbons (Fsp3) is 0.400. The predicted molar refractivity (Wildman–Crippen MR) is 75.6 cm³/mol. The van der Waals surface area contributed by atoms with Gasteiger partial charge in [0, 0.05) is 17.7 Å². The first-order valence-corrected chi connectivity index (χ1v) is 6.90. The van der Waals surface area contributed by atoms with Crippen LogP contribution in [0.1, 0.15) is 24.5 Å². The van der Waals surface area contributed by atoms with Gasteiger partial charge < -0.3 is 4.90 Å². The predicted octanol–water partition coefficient (Wildman–Crippen LogP) is 4.08. The standard InChI is InChI=1S/C15H17F4N3/c1-3-6-22(2)9-11-8-20-21-14(11)10-4-5-13(16)12(7-10)15(17,18)19/h4-5,7-8H,3,6,9H2,1-2H3,(H,20,21). The van der Waals surface area contributed by atoms with E-state index in [4.69, 9.17) is 0 Å². The minimum absolute atomic E-state index is 0.270. The highest BCUT2D eigenvalue weighted by Gasteiger charge is 2.34. The lowest BCUT2D eigenvalue weighted by molar-refractivity contribution is -0.139. The molecule has 0 aliphatic rings. The van der Waals surface area contributed by atoms with Crippen molar-refractivity contribution in [2.45, 2.75) is 26.1 Å². The molecule has 3 nitrogen and oxygen atoms in total. The van der Waals surface area contributed by atoms with Gasteiger partial charge in [0.2, 0.25) is 0 Å². The van der Waals surface area contributed by atoms with Crippen LogP contribution in [0, 0.1) is 5.82 Å². The number of aromatic nitrogens is 2. The Morgan fingerprint density at radius 3 is 2.64 bits per heavy atom. The summed E-state index contributed by atoms with van der Waals surface area (Å²) in [6.45, 7) is 3.46. The zero-order valence-corrected chi connectivity index (χ0v) is 12.3. The van der Waals surface area contributed by atoms with Crippen LogP contribution in [0.15, 0.2) is 24.4 Å². The molecule has 0 unspecified atom stereocenters. The Morgan fingerprint density at radius 2 is 2.00 bits per heavy atom. The van der Waals surface area contributed by atoms with E-state index < -0.39 is 17.6 Å².